The van der Waals surface area contributed by atoms with Gasteiger partial charge in [0, 0.05) is 11.6 Å². The quantitative estimate of drug-likeness (QED) is 0.705. The van der Waals surface area contributed by atoms with Gasteiger partial charge in [0.2, 0.25) is 0 Å². The van der Waals surface area contributed by atoms with Gasteiger partial charge in [-0.3, -0.25) is 0 Å². The summed E-state index contributed by atoms with van der Waals surface area (Å²) in [6.45, 7) is 2.26. The van der Waals surface area contributed by atoms with Crippen molar-refractivity contribution in [1.82, 2.24) is 4.90 Å². The van der Waals surface area contributed by atoms with Crippen LogP contribution in [0.3, 0.4) is 0 Å². The molecule has 0 saturated heterocycles. The first-order valence-electron chi connectivity index (χ1n) is 7.06. The molecule has 0 amide bonds. The average Bonchev–Trinajstić information content (AvgIpc) is 2.30. The van der Waals surface area contributed by atoms with Crippen LogP contribution in [0.1, 0.15) is 64.7 Å². The summed E-state index contributed by atoms with van der Waals surface area (Å²) < 4.78 is 0. The zero-order valence-corrected chi connectivity index (χ0v) is 11.5. The van der Waals surface area contributed by atoms with Crippen LogP contribution in [0.15, 0.2) is 0 Å². The Kier molecular flexibility index (Phi) is 5.77. The molecule has 2 N–H and O–H groups in total. The van der Waals surface area contributed by atoms with Crippen LogP contribution >= 0.6 is 0 Å². The van der Waals surface area contributed by atoms with E-state index >= 15 is 0 Å². The Morgan fingerprint density at radius 1 is 1.12 bits per heavy atom. The number of hydrogen-bond donors (Lipinski definition) is 1. The van der Waals surface area contributed by atoms with Crippen LogP contribution in [0.25, 0.3) is 0 Å². The number of unbranched alkanes of at least 4 members (excludes halogenated alkanes) is 2. The third kappa shape index (κ3) is 3.21. The van der Waals surface area contributed by atoms with E-state index in [2.05, 4.69) is 25.9 Å². The van der Waals surface area contributed by atoms with E-state index in [0.29, 0.717) is 11.6 Å². The molecule has 0 spiro atoms. The van der Waals surface area contributed by atoms with Crippen molar-refractivity contribution in [3.63, 3.8) is 0 Å². The van der Waals surface area contributed by atoms with E-state index in [1.54, 1.807) is 0 Å². The van der Waals surface area contributed by atoms with Crippen LogP contribution in [-0.2, 0) is 0 Å². The van der Waals surface area contributed by atoms with E-state index in [-0.39, 0.29) is 0 Å². The highest BCUT2D eigenvalue weighted by atomic mass is 15.2. The summed E-state index contributed by atoms with van der Waals surface area (Å²) in [6.07, 6.45) is 11.8. The minimum Gasteiger partial charge on any atom is -0.326 e. The number of rotatable bonds is 6. The van der Waals surface area contributed by atoms with Gasteiger partial charge in [0.05, 0.1) is 0 Å². The molecule has 0 aromatic carbocycles. The maximum atomic E-state index is 6.48. The second-order valence-electron chi connectivity index (χ2n) is 5.66. The van der Waals surface area contributed by atoms with Gasteiger partial charge in [-0.15, -0.1) is 0 Å². The molecule has 0 aromatic rings. The molecule has 2 nitrogen and oxygen atoms in total. The second kappa shape index (κ2) is 6.61. The molecule has 1 aliphatic carbocycles. The Labute approximate surface area is 102 Å². The van der Waals surface area contributed by atoms with E-state index in [1.807, 2.05) is 0 Å². The first-order chi connectivity index (χ1) is 7.63. The van der Waals surface area contributed by atoms with Gasteiger partial charge in [-0.25, -0.2) is 0 Å². The van der Waals surface area contributed by atoms with Gasteiger partial charge >= 0.3 is 0 Å². The van der Waals surface area contributed by atoms with Crippen molar-refractivity contribution in [2.45, 2.75) is 76.3 Å². The lowest BCUT2D eigenvalue weighted by Crippen LogP contribution is -2.58. The van der Waals surface area contributed by atoms with E-state index in [1.165, 1.54) is 57.8 Å². The SMILES string of the molecule is CCCCCC(N)C1(N(C)C)CCCCC1. The molecule has 1 atom stereocenters. The molecule has 0 aliphatic heterocycles. The summed E-state index contributed by atoms with van der Waals surface area (Å²) in [4.78, 5) is 2.41. The Bertz CT molecular complexity index is 183. The maximum Gasteiger partial charge on any atom is 0.0354 e. The minimum absolute atomic E-state index is 0.298. The van der Waals surface area contributed by atoms with Gasteiger partial charge in [0.1, 0.15) is 0 Å². The molecule has 96 valence electrons. The summed E-state index contributed by atoms with van der Waals surface area (Å²) >= 11 is 0. The molecule has 1 aliphatic rings. The van der Waals surface area contributed by atoms with E-state index in [0.717, 1.165) is 0 Å². The van der Waals surface area contributed by atoms with Gasteiger partial charge < -0.3 is 10.6 Å². The topological polar surface area (TPSA) is 29.3 Å². The Balaban J connectivity index is 2.54. The van der Waals surface area contributed by atoms with Gasteiger partial charge in [-0.05, 0) is 33.4 Å². The lowest BCUT2D eigenvalue weighted by atomic mass is 9.74. The number of likely N-dealkylation sites (N-methyl/N-ethyl adjacent to an activating group) is 1. The van der Waals surface area contributed by atoms with Crippen molar-refractivity contribution in [3.05, 3.63) is 0 Å². The van der Waals surface area contributed by atoms with Crippen LogP contribution in [-0.4, -0.2) is 30.6 Å². The van der Waals surface area contributed by atoms with E-state index < -0.39 is 0 Å². The van der Waals surface area contributed by atoms with Crippen molar-refractivity contribution >= 4 is 0 Å². The molecule has 0 aromatic heterocycles. The smallest absolute Gasteiger partial charge is 0.0354 e. The molecular formula is C14H30N2. The van der Waals surface area contributed by atoms with Crippen LogP contribution in [0.5, 0.6) is 0 Å². The molecule has 0 radical (unpaired) electrons. The predicted octanol–water partition coefficient (Wildman–Crippen LogP) is 3.16. The van der Waals surface area contributed by atoms with Gasteiger partial charge in [-0.2, -0.15) is 0 Å². The Morgan fingerprint density at radius 2 is 1.75 bits per heavy atom. The van der Waals surface area contributed by atoms with Gasteiger partial charge in [0.25, 0.3) is 0 Å². The Morgan fingerprint density at radius 3 is 2.25 bits per heavy atom. The molecule has 1 unspecified atom stereocenters. The fourth-order valence-corrected chi connectivity index (χ4v) is 3.20. The van der Waals surface area contributed by atoms with Crippen LogP contribution in [0, 0.1) is 0 Å². The van der Waals surface area contributed by atoms with E-state index in [4.69, 9.17) is 5.73 Å². The lowest BCUT2D eigenvalue weighted by Gasteiger charge is -2.47. The second-order valence-corrected chi connectivity index (χ2v) is 5.66. The number of nitrogens with two attached hydrogens (primary N) is 1. The monoisotopic (exact) mass is 226 g/mol. The van der Waals surface area contributed by atoms with Gasteiger partial charge in [0.15, 0.2) is 0 Å². The maximum absolute atomic E-state index is 6.48. The third-order valence-electron chi connectivity index (χ3n) is 4.42. The van der Waals surface area contributed by atoms with Crippen molar-refractivity contribution in [2.24, 2.45) is 5.73 Å². The van der Waals surface area contributed by atoms with Gasteiger partial charge in [-0.1, -0.05) is 45.4 Å². The Hall–Kier alpha value is -0.0800. The zero-order chi connectivity index (χ0) is 12.0. The van der Waals surface area contributed by atoms with Crippen molar-refractivity contribution in [3.8, 4) is 0 Å². The standard InChI is InChI=1S/C14H30N2/c1-4-5-7-10-13(15)14(16(2)3)11-8-6-9-12-14/h13H,4-12,15H2,1-3H3. The van der Waals surface area contributed by atoms with Crippen molar-refractivity contribution in [2.75, 3.05) is 14.1 Å². The minimum atomic E-state index is 0.298. The summed E-state index contributed by atoms with van der Waals surface area (Å²) in [5.41, 5.74) is 6.78. The summed E-state index contributed by atoms with van der Waals surface area (Å²) in [6, 6.07) is 0.370. The van der Waals surface area contributed by atoms with Crippen molar-refractivity contribution < 1.29 is 0 Å². The molecule has 16 heavy (non-hydrogen) atoms. The molecule has 1 saturated carbocycles. The molecule has 0 bridgehead atoms. The zero-order valence-electron chi connectivity index (χ0n) is 11.5. The molecule has 1 rings (SSSR count). The highest BCUT2D eigenvalue weighted by molar-refractivity contribution is 4.98. The number of nitrogens with zero attached hydrogens (tertiary/aromatic N) is 1. The molecule has 2 heteroatoms. The fourth-order valence-electron chi connectivity index (χ4n) is 3.20. The molecule has 0 heterocycles. The largest absolute Gasteiger partial charge is 0.326 e. The van der Waals surface area contributed by atoms with Crippen LogP contribution < -0.4 is 5.73 Å². The lowest BCUT2D eigenvalue weighted by molar-refractivity contribution is 0.0675. The fraction of sp³-hybridized carbons (Fsp3) is 1.00. The highest BCUT2D eigenvalue weighted by Crippen LogP contribution is 2.35. The third-order valence-corrected chi connectivity index (χ3v) is 4.42. The first kappa shape index (κ1) is 14.0. The summed E-state index contributed by atoms with van der Waals surface area (Å²) in [7, 11) is 4.43. The summed E-state index contributed by atoms with van der Waals surface area (Å²) in [5.74, 6) is 0. The normalized spacial score (nSPS) is 22.3. The molecular weight excluding hydrogens is 196 g/mol. The van der Waals surface area contributed by atoms with Crippen LogP contribution in [0.2, 0.25) is 0 Å². The van der Waals surface area contributed by atoms with Crippen LogP contribution in [0.4, 0.5) is 0 Å². The summed E-state index contributed by atoms with van der Waals surface area (Å²) in [5, 5.41) is 0. The predicted molar refractivity (Wildman–Crippen MR) is 71.6 cm³/mol. The molecule has 1 fully saturated rings. The first-order valence-corrected chi connectivity index (χ1v) is 7.06. The van der Waals surface area contributed by atoms with Crippen molar-refractivity contribution in [1.29, 1.82) is 0 Å². The average molecular weight is 226 g/mol. The number of hydrogen-bond acceptors (Lipinski definition) is 2. The van der Waals surface area contributed by atoms with E-state index in [9.17, 15) is 0 Å². The highest BCUT2D eigenvalue weighted by Gasteiger charge is 2.39.